The second kappa shape index (κ2) is 9.37. The number of pyridine rings is 1. The van der Waals surface area contributed by atoms with Crippen LogP contribution in [0.4, 0.5) is 17.3 Å². The quantitative estimate of drug-likeness (QED) is 0.488. The minimum absolute atomic E-state index is 0.0862. The zero-order valence-electron chi connectivity index (χ0n) is 21.1. The number of fused-ring (bicyclic) bond motifs is 2. The highest BCUT2D eigenvalue weighted by Gasteiger charge is 2.33. The number of rotatable bonds is 5. The van der Waals surface area contributed by atoms with Crippen LogP contribution in [0.2, 0.25) is 0 Å². The molecule has 0 aliphatic carbocycles. The van der Waals surface area contributed by atoms with Gasteiger partial charge in [0.1, 0.15) is 5.82 Å². The van der Waals surface area contributed by atoms with E-state index in [1.54, 1.807) is 0 Å². The van der Waals surface area contributed by atoms with E-state index in [0.29, 0.717) is 5.41 Å². The van der Waals surface area contributed by atoms with E-state index in [1.165, 1.54) is 25.7 Å². The molecule has 0 radical (unpaired) electrons. The number of aryl methyl sites for hydroxylation is 1. The Bertz CT molecular complexity index is 1170. The molecule has 8 nitrogen and oxygen atoms in total. The van der Waals surface area contributed by atoms with E-state index in [-0.39, 0.29) is 6.23 Å². The molecule has 6 heterocycles. The number of ether oxygens (including phenoxy) is 1. The summed E-state index contributed by atoms with van der Waals surface area (Å²) in [5.41, 5.74) is 4.43. The molecule has 0 aromatic carbocycles. The third-order valence-corrected chi connectivity index (χ3v) is 8.66. The molecule has 2 fully saturated rings. The highest BCUT2D eigenvalue weighted by atomic mass is 16.5. The van der Waals surface area contributed by atoms with Crippen molar-refractivity contribution in [1.82, 2.24) is 24.7 Å². The molecule has 2 saturated heterocycles. The molecule has 3 aliphatic rings. The summed E-state index contributed by atoms with van der Waals surface area (Å²) in [6.07, 6.45) is 13.9. The fraction of sp³-hybridized carbons (Fsp3) is 0.630. The topological polar surface area (TPSA) is 72.2 Å². The van der Waals surface area contributed by atoms with E-state index in [1.807, 2.05) is 23.1 Å². The number of piperidine rings is 1. The smallest absolute Gasteiger partial charge is 0.183 e. The molecule has 0 N–H and O–H groups in total. The first-order valence-electron chi connectivity index (χ1n) is 13.5. The van der Waals surface area contributed by atoms with E-state index < -0.39 is 0 Å². The second-order valence-corrected chi connectivity index (χ2v) is 10.4. The van der Waals surface area contributed by atoms with Crippen LogP contribution in [0.3, 0.4) is 0 Å². The normalized spacial score (nSPS) is 22.4. The van der Waals surface area contributed by atoms with Crippen molar-refractivity contribution in [3.63, 3.8) is 0 Å². The fourth-order valence-electron chi connectivity index (χ4n) is 6.12. The predicted octanol–water partition coefficient (Wildman–Crippen LogP) is 5.41. The summed E-state index contributed by atoms with van der Waals surface area (Å²) >= 11 is 0. The summed E-state index contributed by atoms with van der Waals surface area (Å²) in [6.45, 7) is 8.42. The lowest BCUT2D eigenvalue weighted by Crippen LogP contribution is -2.40. The molecule has 0 bridgehead atoms. The van der Waals surface area contributed by atoms with Crippen LogP contribution in [0.25, 0.3) is 11.2 Å². The highest BCUT2D eigenvalue weighted by molar-refractivity contribution is 5.88. The Labute approximate surface area is 207 Å². The van der Waals surface area contributed by atoms with Crippen LogP contribution >= 0.6 is 0 Å². The van der Waals surface area contributed by atoms with Gasteiger partial charge in [-0.05, 0) is 62.5 Å². The fourth-order valence-corrected chi connectivity index (χ4v) is 6.12. The molecule has 3 aliphatic heterocycles. The minimum Gasteiger partial charge on any atom is -0.356 e. The Morgan fingerprint density at radius 2 is 1.91 bits per heavy atom. The van der Waals surface area contributed by atoms with Crippen molar-refractivity contribution < 1.29 is 4.74 Å². The standard InChI is InChI=1S/C27H37N7O/c1-3-27(4-2)12-16-32(17-13-27)22-19-29-24-25(30-22)34(23-11-5-6-18-35-23)31-26(24)33-15-8-9-20-21(33)10-7-14-28-20/h7,10,14,19,23H,3-6,8-9,11-13,15-18H2,1-2H3. The largest absolute Gasteiger partial charge is 0.356 e. The van der Waals surface area contributed by atoms with Crippen molar-refractivity contribution in [2.45, 2.75) is 77.9 Å². The molecule has 35 heavy (non-hydrogen) atoms. The lowest BCUT2D eigenvalue weighted by Gasteiger charge is -2.41. The van der Waals surface area contributed by atoms with Crippen LogP contribution in [0.1, 0.15) is 77.1 Å². The Morgan fingerprint density at radius 1 is 1.06 bits per heavy atom. The van der Waals surface area contributed by atoms with Gasteiger partial charge in [-0.2, -0.15) is 0 Å². The van der Waals surface area contributed by atoms with Gasteiger partial charge < -0.3 is 14.5 Å². The van der Waals surface area contributed by atoms with Gasteiger partial charge in [0.2, 0.25) is 0 Å². The summed E-state index contributed by atoms with van der Waals surface area (Å²) < 4.78 is 8.18. The third kappa shape index (κ3) is 4.05. The molecule has 0 saturated carbocycles. The molecule has 8 heteroatoms. The van der Waals surface area contributed by atoms with Crippen molar-refractivity contribution in [2.24, 2.45) is 5.41 Å². The second-order valence-electron chi connectivity index (χ2n) is 10.4. The van der Waals surface area contributed by atoms with Crippen molar-refractivity contribution >= 4 is 28.5 Å². The van der Waals surface area contributed by atoms with Crippen molar-refractivity contribution in [3.8, 4) is 0 Å². The molecule has 3 aromatic heterocycles. The summed E-state index contributed by atoms with van der Waals surface area (Å²) in [5, 5.41) is 5.12. The van der Waals surface area contributed by atoms with Crippen LogP contribution in [0.5, 0.6) is 0 Å². The summed E-state index contributed by atoms with van der Waals surface area (Å²) in [7, 11) is 0. The molecule has 3 aromatic rings. The zero-order valence-corrected chi connectivity index (χ0v) is 21.1. The van der Waals surface area contributed by atoms with E-state index in [4.69, 9.17) is 19.8 Å². The number of aromatic nitrogens is 5. The van der Waals surface area contributed by atoms with Crippen LogP contribution in [0.15, 0.2) is 24.5 Å². The molecule has 0 amide bonds. The molecule has 1 unspecified atom stereocenters. The maximum atomic E-state index is 6.17. The maximum absolute atomic E-state index is 6.17. The molecule has 0 spiro atoms. The predicted molar refractivity (Wildman–Crippen MR) is 138 cm³/mol. The van der Waals surface area contributed by atoms with E-state index in [2.05, 4.69) is 34.7 Å². The monoisotopic (exact) mass is 475 g/mol. The van der Waals surface area contributed by atoms with Gasteiger partial charge in [0.15, 0.2) is 23.2 Å². The Kier molecular flexibility index (Phi) is 6.08. The van der Waals surface area contributed by atoms with Gasteiger partial charge in [0, 0.05) is 32.4 Å². The van der Waals surface area contributed by atoms with Gasteiger partial charge in [-0.3, -0.25) is 4.98 Å². The Balaban J connectivity index is 1.39. The molecular formula is C27H37N7O. The zero-order chi connectivity index (χ0) is 23.8. The minimum atomic E-state index is -0.0862. The van der Waals surface area contributed by atoms with Gasteiger partial charge >= 0.3 is 0 Å². The molecule has 186 valence electrons. The first-order valence-corrected chi connectivity index (χ1v) is 13.5. The van der Waals surface area contributed by atoms with Crippen LogP contribution < -0.4 is 9.80 Å². The number of nitrogens with zero attached hydrogens (tertiary/aromatic N) is 7. The molecule has 6 rings (SSSR count). The van der Waals surface area contributed by atoms with Crippen molar-refractivity contribution in [3.05, 3.63) is 30.2 Å². The average molecular weight is 476 g/mol. The van der Waals surface area contributed by atoms with Crippen LogP contribution in [0, 0.1) is 5.41 Å². The SMILES string of the molecule is CCC1(CC)CCN(c2cnc3c(N4CCCc5ncccc54)nn(C4CCCCO4)c3n2)CC1. The number of hydrogen-bond donors (Lipinski definition) is 0. The van der Waals surface area contributed by atoms with Gasteiger partial charge in [-0.1, -0.05) is 26.7 Å². The van der Waals surface area contributed by atoms with Crippen LogP contribution in [-0.2, 0) is 11.2 Å². The van der Waals surface area contributed by atoms with Gasteiger partial charge in [0.25, 0.3) is 0 Å². The summed E-state index contributed by atoms with van der Waals surface area (Å²) in [4.78, 5) is 19.5. The van der Waals surface area contributed by atoms with Crippen LogP contribution in [-0.4, -0.2) is 51.0 Å². The average Bonchev–Trinajstić information content (AvgIpc) is 3.32. The van der Waals surface area contributed by atoms with Gasteiger partial charge in [-0.15, -0.1) is 5.10 Å². The van der Waals surface area contributed by atoms with E-state index >= 15 is 0 Å². The first kappa shape index (κ1) is 22.7. The highest BCUT2D eigenvalue weighted by Crippen LogP contribution is 2.40. The molecule has 1 atom stereocenters. The summed E-state index contributed by atoms with van der Waals surface area (Å²) in [5.74, 6) is 1.83. The Morgan fingerprint density at radius 3 is 2.69 bits per heavy atom. The first-order chi connectivity index (χ1) is 17.2. The number of hydrogen-bond acceptors (Lipinski definition) is 7. The lowest BCUT2D eigenvalue weighted by atomic mass is 9.74. The van der Waals surface area contributed by atoms with Crippen molar-refractivity contribution in [1.29, 1.82) is 0 Å². The summed E-state index contributed by atoms with van der Waals surface area (Å²) in [6, 6.07) is 4.15. The Hall–Kier alpha value is -2.74. The van der Waals surface area contributed by atoms with Crippen molar-refractivity contribution in [2.75, 3.05) is 36.0 Å². The maximum Gasteiger partial charge on any atom is 0.183 e. The van der Waals surface area contributed by atoms with Gasteiger partial charge in [0.05, 0.1) is 17.6 Å². The van der Waals surface area contributed by atoms with E-state index in [9.17, 15) is 0 Å². The molecular weight excluding hydrogens is 438 g/mol. The lowest BCUT2D eigenvalue weighted by molar-refractivity contribution is -0.0368. The van der Waals surface area contributed by atoms with E-state index in [0.717, 1.165) is 92.5 Å². The van der Waals surface area contributed by atoms with Gasteiger partial charge in [-0.25, -0.2) is 14.6 Å². The third-order valence-electron chi connectivity index (χ3n) is 8.66. The number of anilines is 3.